The average molecular weight is 191 g/mol. The van der Waals surface area contributed by atoms with Crippen LogP contribution < -0.4 is 0 Å². The standard InChI is InChI=1S/C10H10FN3/c11-10-3-1-9(2-4-10)5-6-14-8-12-7-13-14/h1-4,7-8H,5-6H2. The summed E-state index contributed by atoms with van der Waals surface area (Å²) in [6.45, 7) is 0.769. The van der Waals surface area contributed by atoms with E-state index in [-0.39, 0.29) is 5.82 Å². The van der Waals surface area contributed by atoms with E-state index in [4.69, 9.17) is 0 Å². The molecule has 14 heavy (non-hydrogen) atoms. The topological polar surface area (TPSA) is 30.7 Å². The summed E-state index contributed by atoms with van der Waals surface area (Å²) in [4.78, 5) is 3.84. The van der Waals surface area contributed by atoms with Crippen LogP contribution in [0.3, 0.4) is 0 Å². The molecule has 0 saturated carbocycles. The van der Waals surface area contributed by atoms with E-state index >= 15 is 0 Å². The van der Waals surface area contributed by atoms with Crippen LogP contribution in [-0.4, -0.2) is 14.8 Å². The van der Waals surface area contributed by atoms with Crippen LogP contribution in [0.2, 0.25) is 0 Å². The normalized spacial score (nSPS) is 10.4. The van der Waals surface area contributed by atoms with Crippen LogP contribution >= 0.6 is 0 Å². The number of rotatable bonds is 3. The fourth-order valence-electron chi connectivity index (χ4n) is 1.24. The van der Waals surface area contributed by atoms with Gasteiger partial charge in [-0.2, -0.15) is 5.10 Å². The van der Waals surface area contributed by atoms with Gasteiger partial charge in [0.1, 0.15) is 18.5 Å². The lowest BCUT2D eigenvalue weighted by molar-refractivity contribution is 0.608. The third-order valence-corrected chi connectivity index (χ3v) is 2.01. The van der Waals surface area contributed by atoms with E-state index in [1.54, 1.807) is 23.1 Å². The number of aryl methyl sites for hydroxylation is 2. The summed E-state index contributed by atoms with van der Waals surface area (Å²) in [5.74, 6) is -0.200. The van der Waals surface area contributed by atoms with Gasteiger partial charge >= 0.3 is 0 Å². The predicted octanol–water partition coefficient (Wildman–Crippen LogP) is 1.66. The second-order valence-electron chi connectivity index (χ2n) is 3.04. The second kappa shape index (κ2) is 4.00. The molecule has 0 aliphatic heterocycles. The van der Waals surface area contributed by atoms with Gasteiger partial charge in [-0.15, -0.1) is 0 Å². The van der Waals surface area contributed by atoms with Crippen LogP contribution in [0.15, 0.2) is 36.9 Å². The highest BCUT2D eigenvalue weighted by molar-refractivity contribution is 5.15. The van der Waals surface area contributed by atoms with Gasteiger partial charge in [0.25, 0.3) is 0 Å². The van der Waals surface area contributed by atoms with E-state index in [2.05, 4.69) is 10.1 Å². The summed E-state index contributed by atoms with van der Waals surface area (Å²) >= 11 is 0. The van der Waals surface area contributed by atoms with Crippen LogP contribution in [0.1, 0.15) is 5.56 Å². The zero-order valence-corrected chi connectivity index (χ0v) is 7.60. The summed E-state index contributed by atoms with van der Waals surface area (Å²) in [5.41, 5.74) is 1.10. The largest absolute Gasteiger partial charge is 0.253 e. The fourth-order valence-corrected chi connectivity index (χ4v) is 1.24. The maximum absolute atomic E-state index is 12.6. The quantitative estimate of drug-likeness (QED) is 0.738. The van der Waals surface area contributed by atoms with Crippen LogP contribution in [0.25, 0.3) is 0 Å². The highest BCUT2D eigenvalue weighted by atomic mass is 19.1. The van der Waals surface area contributed by atoms with E-state index in [0.29, 0.717) is 0 Å². The third-order valence-electron chi connectivity index (χ3n) is 2.01. The molecule has 1 aromatic heterocycles. The van der Waals surface area contributed by atoms with E-state index in [1.807, 2.05) is 0 Å². The first kappa shape index (κ1) is 8.87. The zero-order chi connectivity index (χ0) is 9.80. The molecule has 1 aromatic carbocycles. The molecule has 2 aromatic rings. The Hall–Kier alpha value is -1.71. The average Bonchev–Trinajstić information content (AvgIpc) is 2.70. The molecule has 72 valence electrons. The van der Waals surface area contributed by atoms with Crippen LogP contribution in [0.4, 0.5) is 4.39 Å². The van der Waals surface area contributed by atoms with Gasteiger partial charge < -0.3 is 0 Å². The summed E-state index contributed by atoms with van der Waals surface area (Å²) < 4.78 is 14.3. The van der Waals surface area contributed by atoms with Gasteiger partial charge in [0.15, 0.2) is 0 Å². The van der Waals surface area contributed by atoms with Gasteiger partial charge in [-0.05, 0) is 24.1 Å². The smallest absolute Gasteiger partial charge is 0.137 e. The van der Waals surface area contributed by atoms with Crippen molar-refractivity contribution in [3.63, 3.8) is 0 Å². The molecule has 1 heterocycles. The van der Waals surface area contributed by atoms with Gasteiger partial charge in [-0.1, -0.05) is 12.1 Å². The maximum Gasteiger partial charge on any atom is 0.137 e. The van der Waals surface area contributed by atoms with Crippen molar-refractivity contribution >= 4 is 0 Å². The molecule has 3 nitrogen and oxygen atoms in total. The van der Waals surface area contributed by atoms with E-state index < -0.39 is 0 Å². The first-order valence-corrected chi connectivity index (χ1v) is 4.41. The van der Waals surface area contributed by atoms with Crippen molar-refractivity contribution < 1.29 is 4.39 Å². The Morgan fingerprint density at radius 1 is 1.21 bits per heavy atom. The van der Waals surface area contributed by atoms with Gasteiger partial charge in [0.05, 0.1) is 0 Å². The highest BCUT2D eigenvalue weighted by Crippen LogP contribution is 2.04. The molecule has 0 radical (unpaired) electrons. The Morgan fingerprint density at radius 2 is 2.00 bits per heavy atom. The molecule has 2 rings (SSSR count). The predicted molar refractivity (Wildman–Crippen MR) is 50.1 cm³/mol. The Labute approximate surface area is 81.2 Å². The molecular formula is C10H10FN3. The minimum absolute atomic E-state index is 0.200. The van der Waals surface area contributed by atoms with Gasteiger partial charge in [-0.25, -0.2) is 9.37 Å². The zero-order valence-electron chi connectivity index (χ0n) is 7.60. The van der Waals surface area contributed by atoms with Crippen LogP contribution in [-0.2, 0) is 13.0 Å². The van der Waals surface area contributed by atoms with Crippen molar-refractivity contribution in [2.24, 2.45) is 0 Å². The van der Waals surface area contributed by atoms with Gasteiger partial charge in [0, 0.05) is 6.54 Å². The van der Waals surface area contributed by atoms with Crippen molar-refractivity contribution in [2.45, 2.75) is 13.0 Å². The SMILES string of the molecule is Fc1ccc(CCn2cncn2)cc1. The molecule has 0 amide bonds. The van der Waals surface area contributed by atoms with E-state index in [1.165, 1.54) is 18.5 Å². The lowest BCUT2D eigenvalue weighted by Crippen LogP contribution is -2.01. The summed E-state index contributed by atoms with van der Waals surface area (Å²) in [6.07, 6.45) is 4.01. The van der Waals surface area contributed by atoms with Crippen molar-refractivity contribution in [3.05, 3.63) is 48.3 Å². The van der Waals surface area contributed by atoms with Gasteiger partial charge in [-0.3, -0.25) is 4.68 Å². The molecule has 0 bridgehead atoms. The Balaban J connectivity index is 1.95. The van der Waals surface area contributed by atoms with Crippen molar-refractivity contribution in [3.8, 4) is 0 Å². The van der Waals surface area contributed by atoms with Crippen LogP contribution in [0, 0.1) is 5.82 Å². The summed E-state index contributed by atoms with van der Waals surface area (Å²) in [7, 11) is 0. The first-order valence-electron chi connectivity index (χ1n) is 4.41. The molecule has 0 unspecified atom stereocenters. The second-order valence-corrected chi connectivity index (χ2v) is 3.04. The Morgan fingerprint density at radius 3 is 2.64 bits per heavy atom. The summed E-state index contributed by atoms with van der Waals surface area (Å²) in [5, 5.41) is 3.98. The van der Waals surface area contributed by atoms with Crippen LogP contribution in [0.5, 0.6) is 0 Å². The molecule has 0 N–H and O–H groups in total. The molecule has 0 saturated heterocycles. The van der Waals surface area contributed by atoms with Crippen molar-refractivity contribution in [2.75, 3.05) is 0 Å². The number of halogens is 1. The number of aromatic nitrogens is 3. The lowest BCUT2D eigenvalue weighted by atomic mass is 10.1. The first-order chi connectivity index (χ1) is 6.84. The molecule has 4 heteroatoms. The lowest BCUT2D eigenvalue weighted by Gasteiger charge is -2.00. The van der Waals surface area contributed by atoms with Crippen molar-refractivity contribution in [1.82, 2.24) is 14.8 Å². The molecular weight excluding hydrogens is 181 g/mol. The number of nitrogens with zero attached hydrogens (tertiary/aromatic N) is 3. The number of benzene rings is 1. The molecule has 0 aliphatic carbocycles. The number of hydrogen-bond donors (Lipinski definition) is 0. The minimum atomic E-state index is -0.200. The van der Waals surface area contributed by atoms with Gasteiger partial charge in [0.2, 0.25) is 0 Å². The molecule has 0 aliphatic rings. The molecule has 0 fully saturated rings. The molecule has 0 spiro atoms. The fraction of sp³-hybridized carbons (Fsp3) is 0.200. The Kier molecular flexibility index (Phi) is 2.53. The summed E-state index contributed by atoms with van der Waals surface area (Å²) in [6, 6.07) is 6.51. The molecule has 0 atom stereocenters. The van der Waals surface area contributed by atoms with E-state index in [9.17, 15) is 4.39 Å². The highest BCUT2D eigenvalue weighted by Gasteiger charge is 1.95. The van der Waals surface area contributed by atoms with Crippen molar-refractivity contribution in [1.29, 1.82) is 0 Å². The number of hydrogen-bond acceptors (Lipinski definition) is 2. The monoisotopic (exact) mass is 191 g/mol. The third kappa shape index (κ3) is 2.16. The van der Waals surface area contributed by atoms with E-state index in [0.717, 1.165) is 18.5 Å². The Bertz CT molecular complexity index is 380. The minimum Gasteiger partial charge on any atom is -0.253 e. The maximum atomic E-state index is 12.6.